The van der Waals surface area contributed by atoms with Crippen LogP contribution in [-0.4, -0.2) is 18.7 Å². The Bertz CT molecular complexity index is 3790. The number of fused-ring (bicyclic) bond motifs is 7. The normalized spacial score (nSPS) is 11.8. The number of allylic oxidation sites excluding steroid dienone is 1. The number of benzene rings is 8. The van der Waals surface area contributed by atoms with E-state index < -0.39 is 0 Å². The van der Waals surface area contributed by atoms with Gasteiger partial charge in [0, 0.05) is 60.7 Å². The van der Waals surface area contributed by atoms with Crippen LogP contribution in [0.4, 0.5) is 0 Å². The maximum absolute atomic E-state index is 5.73. The highest BCUT2D eigenvalue weighted by Crippen LogP contribution is 2.43. The second-order valence-electron chi connectivity index (χ2n) is 16.3. The number of rotatable bonds is 8. The number of pyridine rings is 1. The summed E-state index contributed by atoms with van der Waals surface area (Å²) < 4.78 is 7.15. The minimum Gasteiger partial charge on any atom is -0.309 e. The monoisotopic (exact) mass is 818 g/mol. The minimum atomic E-state index is 0.890. The smallest absolute Gasteiger partial charge is 0.0737 e. The van der Waals surface area contributed by atoms with E-state index in [2.05, 4.69) is 246 Å². The molecule has 4 heteroatoms. The van der Waals surface area contributed by atoms with Crippen molar-refractivity contribution in [1.82, 2.24) is 18.7 Å². The molecular weight excluding hydrogens is 777 g/mol. The molecule has 0 saturated heterocycles. The first-order chi connectivity index (χ1) is 31.7. The van der Waals surface area contributed by atoms with E-state index >= 15 is 0 Å². The fourth-order valence-electron chi connectivity index (χ4n) is 10.0. The van der Waals surface area contributed by atoms with Crippen molar-refractivity contribution in [3.05, 3.63) is 230 Å². The third-order valence-corrected chi connectivity index (χ3v) is 12.7. The Labute approximate surface area is 371 Å². The predicted molar refractivity (Wildman–Crippen MR) is 271 cm³/mol. The van der Waals surface area contributed by atoms with Crippen molar-refractivity contribution >= 4 is 66.7 Å². The minimum absolute atomic E-state index is 0.890. The van der Waals surface area contributed by atoms with E-state index in [4.69, 9.17) is 4.98 Å². The van der Waals surface area contributed by atoms with E-state index in [0.717, 1.165) is 83.9 Å². The maximum Gasteiger partial charge on any atom is 0.0737 e. The van der Waals surface area contributed by atoms with Crippen LogP contribution in [0, 0.1) is 0 Å². The topological polar surface area (TPSA) is 27.7 Å². The summed E-state index contributed by atoms with van der Waals surface area (Å²) >= 11 is 0. The Morgan fingerprint density at radius 3 is 1.50 bits per heavy atom. The Morgan fingerprint density at radius 2 is 0.891 bits per heavy atom. The molecule has 0 radical (unpaired) electrons. The van der Waals surface area contributed by atoms with Crippen LogP contribution in [0.15, 0.2) is 219 Å². The molecule has 0 aliphatic heterocycles. The molecule has 4 nitrogen and oxygen atoms in total. The van der Waals surface area contributed by atoms with Crippen LogP contribution in [0.5, 0.6) is 0 Å². The summed E-state index contributed by atoms with van der Waals surface area (Å²) in [6.45, 7) is 6.39. The van der Waals surface area contributed by atoms with Crippen LogP contribution >= 0.6 is 0 Å². The van der Waals surface area contributed by atoms with Crippen LogP contribution in [0.1, 0.15) is 18.2 Å². The zero-order valence-corrected chi connectivity index (χ0v) is 35.4. The van der Waals surface area contributed by atoms with Gasteiger partial charge in [0.1, 0.15) is 0 Å². The lowest BCUT2D eigenvalue weighted by atomic mass is 9.97. The fraction of sp³-hybridized carbons (Fsp3) is 0.0167. The van der Waals surface area contributed by atoms with Crippen LogP contribution in [-0.2, 0) is 0 Å². The molecule has 4 heterocycles. The van der Waals surface area contributed by atoms with E-state index in [1.165, 1.54) is 32.6 Å². The molecule has 0 aliphatic rings. The number of hydrogen-bond donors (Lipinski definition) is 0. The van der Waals surface area contributed by atoms with Gasteiger partial charge in [-0.05, 0) is 96.9 Å². The van der Waals surface area contributed by atoms with Crippen LogP contribution in [0.3, 0.4) is 0 Å². The Kier molecular flexibility index (Phi) is 8.84. The summed E-state index contributed by atoms with van der Waals surface area (Å²) in [6, 6.07) is 74.2. The largest absolute Gasteiger partial charge is 0.309 e. The van der Waals surface area contributed by atoms with Gasteiger partial charge in [-0.2, -0.15) is 0 Å². The van der Waals surface area contributed by atoms with Gasteiger partial charge < -0.3 is 13.7 Å². The SMILES string of the molecule is C=Cc1c(/C=C\C)n(-c2ccccc2)c2c(-c3cc(-c4ccc5c(c4)c4ccccc4n5-c4ccccc4)cc(-c4cccc5c6ccccc6n(-c6ccccc6)c45)n3)cccc12. The van der Waals surface area contributed by atoms with E-state index in [9.17, 15) is 0 Å². The Morgan fingerprint density at radius 1 is 0.406 bits per heavy atom. The van der Waals surface area contributed by atoms with Gasteiger partial charge in [0.25, 0.3) is 0 Å². The molecule has 0 fully saturated rings. The van der Waals surface area contributed by atoms with Gasteiger partial charge in [-0.3, -0.25) is 0 Å². The van der Waals surface area contributed by atoms with Gasteiger partial charge in [-0.1, -0.05) is 152 Å². The van der Waals surface area contributed by atoms with Crippen LogP contribution < -0.4 is 0 Å². The molecule has 64 heavy (non-hydrogen) atoms. The molecule has 0 bridgehead atoms. The van der Waals surface area contributed by atoms with E-state index in [0.29, 0.717) is 0 Å². The molecule has 8 aromatic carbocycles. The lowest BCUT2D eigenvalue weighted by Crippen LogP contribution is -2.00. The third-order valence-electron chi connectivity index (χ3n) is 12.7. The molecule has 0 atom stereocenters. The molecule has 0 unspecified atom stereocenters. The molecule has 0 saturated carbocycles. The van der Waals surface area contributed by atoms with Crippen molar-refractivity contribution < 1.29 is 0 Å². The van der Waals surface area contributed by atoms with Gasteiger partial charge in [0.15, 0.2) is 0 Å². The fourth-order valence-corrected chi connectivity index (χ4v) is 10.0. The molecule has 0 aliphatic carbocycles. The first-order valence-corrected chi connectivity index (χ1v) is 21.9. The number of hydrogen-bond acceptors (Lipinski definition) is 1. The first kappa shape index (κ1) is 37.3. The highest BCUT2D eigenvalue weighted by Gasteiger charge is 2.23. The zero-order valence-electron chi connectivity index (χ0n) is 35.4. The van der Waals surface area contributed by atoms with Gasteiger partial charge >= 0.3 is 0 Å². The number of aromatic nitrogens is 4. The van der Waals surface area contributed by atoms with E-state index in [1.54, 1.807) is 0 Å². The third kappa shape index (κ3) is 5.80. The molecule has 12 aromatic rings. The predicted octanol–water partition coefficient (Wildman–Crippen LogP) is 15.9. The summed E-state index contributed by atoms with van der Waals surface area (Å²) in [5.74, 6) is 0. The standard InChI is InChI=1S/C60H42N4/c1-3-20-55-45(4-2)48-29-18-31-50(59(48)63(55)43-23-10-6-11-24-43)53-38-41(40-35-36-58-52(37-40)47-28-15-16-33-56(47)62(58)42-21-8-5-9-22-42)39-54(61-53)51-32-19-30-49-46-27-14-17-34-57(46)64(60(49)51)44-25-12-7-13-26-44/h3-39H,2H2,1H3/b20-3-. The summed E-state index contributed by atoms with van der Waals surface area (Å²) in [7, 11) is 0. The molecule has 302 valence electrons. The van der Waals surface area contributed by atoms with E-state index in [1.807, 2.05) is 6.08 Å². The molecule has 4 aromatic heterocycles. The van der Waals surface area contributed by atoms with Crippen molar-refractivity contribution in [2.24, 2.45) is 0 Å². The maximum atomic E-state index is 5.73. The molecule has 0 amide bonds. The Hall–Kier alpha value is -8.47. The van der Waals surface area contributed by atoms with Crippen molar-refractivity contribution in [1.29, 1.82) is 0 Å². The summed E-state index contributed by atoms with van der Waals surface area (Å²) in [4.78, 5) is 5.73. The lowest BCUT2D eigenvalue weighted by molar-refractivity contribution is 1.10. The van der Waals surface area contributed by atoms with Gasteiger partial charge in [-0.15, -0.1) is 0 Å². The van der Waals surface area contributed by atoms with Crippen molar-refractivity contribution in [3.63, 3.8) is 0 Å². The van der Waals surface area contributed by atoms with Gasteiger partial charge in [0.05, 0.1) is 44.7 Å². The summed E-state index contributed by atoms with van der Waals surface area (Å²) in [6.07, 6.45) is 6.28. The first-order valence-electron chi connectivity index (χ1n) is 21.9. The second kappa shape index (κ2) is 15.2. The van der Waals surface area contributed by atoms with Crippen molar-refractivity contribution in [3.8, 4) is 50.7 Å². The molecular formula is C60H42N4. The lowest BCUT2D eigenvalue weighted by Gasteiger charge is -2.16. The number of nitrogens with zero attached hydrogens (tertiary/aromatic N) is 4. The van der Waals surface area contributed by atoms with Gasteiger partial charge in [-0.25, -0.2) is 4.98 Å². The van der Waals surface area contributed by atoms with Crippen molar-refractivity contribution in [2.45, 2.75) is 6.92 Å². The molecule has 0 N–H and O–H groups in total. The van der Waals surface area contributed by atoms with Crippen molar-refractivity contribution in [2.75, 3.05) is 0 Å². The van der Waals surface area contributed by atoms with Gasteiger partial charge in [0.2, 0.25) is 0 Å². The van der Waals surface area contributed by atoms with Crippen LogP contribution in [0.2, 0.25) is 0 Å². The quantitative estimate of drug-likeness (QED) is 0.150. The highest BCUT2D eigenvalue weighted by molar-refractivity contribution is 6.14. The average Bonchev–Trinajstić information content (AvgIpc) is 4.00. The Balaban J connectivity index is 1.18. The molecule has 12 rings (SSSR count). The second-order valence-corrected chi connectivity index (χ2v) is 16.3. The van der Waals surface area contributed by atoms with Crippen LogP contribution in [0.25, 0.3) is 117 Å². The summed E-state index contributed by atoms with van der Waals surface area (Å²) in [5, 5.41) is 5.94. The zero-order chi connectivity index (χ0) is 42.7. The molecule has 0 spiro atoms. The van der Waals surface area contributed by atoms with E-state index in [-0.39, 0.29) is 0 Å². The number of para-hydroxylation sites is 7. The highest BCUT2D eigenvalue weighted by atomic mass is 15.0. The average molecular weight is 819 g/mol. The summed E-state index contributed by atoms with van der Waals surface area (Å²) in [5.41, 5.74) is 17.3.